The number of para-hydroxylation sites is 1. The highest BCUT2D eigenvalue weighted by Crippen LogP contribution is 2.47. The molecule has 1 aliphatic rings. The second kappa shape index (κ2) is 7.53. The average molecular weight is 364 g/mol. The Morgan fingerprint density at radius 1 is 1.19 bits per heavy atom. The second-order valence-electron chi connectivity index (χ2n) is 6.63. The first kappa shape index (κ1) is 17.1. The normalized spacial score (nSPS) is 18.6. The smallest absolute Gasteiger partial charge is 0.307 e. The molecule has 1 saturated carbocycles. The zero-order chi connectivity index (χ0) is 18.6. The summed E-state index contributed by atoms with van der Waals surface area (Å²) in [5.74, 6) is 3.82. The van der Waals surface area contributed by atoms with Crippen LogP contribution in [0.3, 0.4) is 0 Å². The lowest BCUT2D eigenvalue weighted by molar-refractivity contribution is 0.0923. The van der Waals surface area contributed by atoms with Crippen molar-refractivity contribution in [3.63, 3.8) is 0 Å². The third-order valence-electron chi connectivity index (χ3n) is 4.49. The fourth-order valence-corrected chi connectivity index (χ4v) is 2.81. The molecule has 0 radical (unpaired) electrons. The van der Waals surface area contributed by atoms with Gasteiger partial charge in [0.15, 0.2) is 5.76 Å². The molecular weight excluding hydrogens is 344 g/mol. The maximum atomic E-state index is 12.1. The summed E-state index contributed by atoms with van der Waals surface area (Å²) in [4.78, 5) is 12.1. The van der Waals surface area contributed by atoms with E-state index in [0.29, 0.717) is 23.4 Å². The van der Waals surface area contributed by atoms with Gasteiger partial charge in [-0.05, 0) is 48.7 Å². The lowest BCUT2D eigenvalue weighted by Crippen LogP contribution is -2.16. The molecule has 2 aromatic heterocycles. The molecule has 0 aliphatic heterocycles. The van der Waals surface area contributed by atoms with Gasteiger partial charge in [0.05, 0.1) is 6.21 Å². The van der Waals surface area contributed by atoms with E-state index in [1.54, 1.807) is 12.1 Å². The lowest BCUT2D eigenvalue weighted by Gasteiger charge is -2.03. The number of benzene rings is 1. The summed E-state index contributed by atoms with van der Waals surface area (Å²) < 4.78 is 16.8. The summed E-state index contributed by atoms with van der Waals surface area (Å²) in [7, 11) is 0. The monoisotopic (exact) mass is 364 g/mol. The Kier molecular flexibility index (Phi) is 4.78. The fourth-order valence-electron chi connectivity index (χ4n) is 2.81. The van der Waals surface area contributed by atoms with Gasteiger partial charge in [-0.25, -0.2) is 5.43 Å². The maximum Gasteiger partial charge on any atom is 0.307 e. The van der Waals surface area contributed by atoms with E-state index < -0.39 is 5.91 Å². The Morgan fingerprint density at radius 2 is 2.00 bits per heavy atom. The van der Waals surface area contributed by atoms with Crippen molar-refractivity contribution in [2.45, 2.75) is 25.9 Å². The summed E-state index contributed by atoms with van der Waals surface area (Å²) in [6.45, 7) is 2.44. The van der Waals surface area contributed by atoms with E-state index >= 15 is 0 Å². The van der Waals surface area contributed by atoms with E-state index in [9.17, 15) is 4.79 Å². The highest BCUT2D eigenvalue weighted by molar-refractivity contribution is 5.92. The second-order valence-corrected chi connectivity index (χ2v) is 6.63. The summed E-state index contributed by atoms with van der Waals surface area (Å²) in [6, 6.07) is 16.5. The minimum atomic E-state index is -0.431. The van der Waals surface area contributed by atoms with Gasteiger partial charge in [0.1, 0.15) is 29.6 Å². The highest BCUT2D eigenvalue weighted by Gasteiger charge is 2.36. The van der Waals surface area contributed by atoms with Crippen LogP contribution in [0.5, 0.6) is 5.75 Å². The number of nitrogens with zero attached hydrogens (tertiary/aromatic N) is 1. The van der Waals surface area contributed by atoms with Crippen LogP contribution in [-0.4, -0.2) is 12.1 Å². The first-order valence-corrected chi connectivity index (χ1v) is 8.89. The van der Waals surface area contributed by atoms with Crippen molar-refractivity contribution in [2.75, 3.05) is 0 Å². The Labute approximate surface area is 156 Å². The first-order valence-electron chi connectivity index (χ1n) is 8.89. The zero-order valence-corrected chi connectivity index (χ0v) is 14.9. The molecule has 0 saturated heterocycles. The molecule has 1 aromatic carbocycles. The van der Waals surface area contributed by atoms with Crippen molar-refractivity contribution in [2.24, 2.45) is 11.0 Å². The number of hydrogen-bond donors (Lipinski definition) is 1. The number of amides is 1. The lowest BCUT2D eigenvalue weighted by atomic mass is 10.3. The van der Waals surface area contributed by atoms with Crippen LogP contribution in [0.2, 0.25) is 0 Å². The Morgan fingerprint density at radius 3 is 2.78 bits per heavy atom. The summed E-state index contributed by atoms with van der Waals surface area (Å²) >= 11 is 0. The molecule has 0 bridgehead atoms. The van der Waals surface area contributed by atoms with Gasteiger partial charge in [-0.2, -0.15) is 5.10 Å². The van der Waals surface area contributed by atoms with E-state index in [2.05, 4.69) is 17.5 Å². The van der Waals surface area contributed by atoms with E-state index in [4.69, 9.17) is 13.6 Å². The van der Waals surface area contributed by atoms with Crippen LogP contribution in [0, 0.1) is 5.92 Å². The topological polar surface area (TPSA) is 77.0 Å². The molecule has 1 N–H and O–H groups in total. The number of hydrazone groups is 1. The number of carbonyl (C=O) groups is 1. The first-order chi connectivity index (χ1) is 13.2. The van der Waals surface area contributed by atoms with Crippen LogP contribution in [-0.2, 0) is 6.61 Å². The van der Waals surface area contributed by atoms with Crippen molar-refractivity contribution in [3.05, 3.63) is 77.6 Å². The van der Waals surface area contributed by atoms with Crippen molar-refractivity contribution in [1.29, 1.82) is 0 Å². The molecule has 1 fully saturated rings. The van der Waals surface area contributed by atoms with Crippen molar-refractivity contribution in [3.8, 4) is 5.75 Å². The molecule has 2 atom stereocenters. The highest BCUT2D eigenvalue weighted by atomic mass is 16.5. The van der Waals surface area contributed by atoms with Gasteiger partial charge < -0.3 is 13.6 Å². The fraction of sp³-hybridized carbons (Fsp3) is 0.238. The van der Waals surface area contributed by atoms with Gasteiger partial charge in [-0.1, -0.05) is 25.1 Å². The molecule has 1 amide bonds. The van der Waals surface area contributed by atoms with Gasteiger partial charge in [-0.15, -0.1) is 0 Å². The third-order valence-corrected chi connectivity index (χ3v) is 4.49. The van der Waals surface area contributed by atoms with Gasteiger partial charge in [-0.3, -0.25) is 4.79 Å². The Hall–Kier alpha value is -3.28. The largest absolute Gasteiger partial charge is 0.486 e. The van der Waals surface area contributed by atoms with E-state index in [1.165, 1.54) is 6.21 Å². The standard InChI is InChI=1S/C21H20N2O4/c1-14-11-18(14)19-9-7-16(26-19)12-22-23-21(24)20-10-8-17(27-20)13-25-15-5-3-2-4-6-15/h2-10,12,14,18H,11,13H2,1H3,(H,23,24)/b22-12-/t14-,18+/m0/s1. The number of ether oxygens (including phenoxy) is 1. The van der Waals surface area contributed by atoms with Gasteiger partial charge >= 0.3 is 5.91 Å². The van der Waals surface area contributed by atoms with Crippen molar-refractivity contribution in [1.82, 2.24) is 5.43 Å². The Bertz CT molecular complexity index is 942. The molecule has 138 valence electrons. The van der Waals surface area contributed by atoms with Gasteiger partial charge in [0, 0.05) is 5.92 Å². The zero-order valence-electron chi connectivity index (χ0n) is 14.9. The van der Waals surface area contributed by atoms with Crippen LogP contribution in [0.15, 0.2) is 68.5 Å². The predicted octanol–water partition coefficient (Wildman–Crippen LogP) is 4.34. The summed E-state index contributed by atoms with van der Waals surface area (Å²) in [5, 5.41) is 3.92. The van der Waals surface area contributed by atoms with E-state index in [1.807, 2.05) is 42.5 Å². The molecule has 0 unspecified atom stereocenters. The molecule has 1 aliphatic carbocycles. The molecule has 2 heterocycles. The molecule has 6 nitrogen and oxygen atoms in total. The van der Waals surface area contributed by atoms with Crippen LogP contribution >= 0.6 is 0 Å². The molecule has 27 heavy (non-hydrogen) atoms. The van der Waals surface area contributed by atoms with Gasteiger partial charge in [0.2, 0.25) is 0 Å². The number of nitrogens with one attached hydrogen (secondary N) is 1. The van der Waals surface area contributed by atoms with E-state index in [0.717, 1.165) is 17.9 Å². The number of hydrogen-bond acceptors (Lipinski definition) is 5. The van der Waals surface area contributed by atoms with Crippen LogP contribution < -0.4 is 10.2 Å². The van der Waals surface area contributed by atoms with Gasteiger partial charge in [0.25, 0.3) is 0 Å². The minimum Gasteiger partial charge on any atom is -0.486 e. The van der Waals surface area contributed by atoms with Crippen LogP contribution in [0.1, 0.15) is 47.1 Å². The summed E-state index contributed by atoms with van der Waals surface area (Å²) in [5.41, 5.74) is 2.43. The van der Waals surface area contributed by atoms with Crippen molar-refractivity contribution >= 4 is 12.1 Å². The number of furan rings is 2. The van der Waals surface area contributed by atoms with E-state index in [-0.39, 0.29) is 12.4 Å². The number of carbonyl (C=O) groups excluding carboxylic acids is 1. The van der Waals surface area contributed by atoms with Crippen LogP contribution in [0.25, 0.3) is 0 Å². The van der Waals surface area contributed by atoms with Crippen molar-refractivity contribution < 1.29 is 18.4 Å². The maximum absolute atomic E-state index is 12.1. The predicted molar refractivity (Wildman–Crippen MR) is 99.8 cm³/mol. The number of rotatable bonds is 7. The minimum absolute atomic E-state index is 0.172. The molecule has 3 aromatic rings. The quantitative estimate of drug-likeness (QED) is 0.500. The average Bonchev–Trinajstić information content (AvgIpc) is 3.09. The molecule has 4 rings (SSSR count). The third kappa shape index (κ3) is 4.28. The molecule has 6 heteroatoms. The summed E-state index contributed by atoms with van der Waals surface area (Å²) in [6.07, 6.45) is 2.65. The SMILES string of the molecule is C[C@H]1C[C@H]1c1ccc(/C=N\NC(=O)c2ccc(COc3ccccc3)o2)o1. The molecular formula is C21H20N2O4. The Balaban J connectivity index is 1.28. The molecule has 0 spiro atoms. The van der Waals surface area contributed by atoms with Crippen LogP contribution in [0.4, 0.5) is 0 Å².